The Balaban J connectivity index is 1.85. The number of ether oxygens (including phenoxy) is 3. The minimum absolute atomic E-state index is 0.00991. The van der Waals surface area contributed by atoms with E-state index >= 15 is 0 Å². The Labute approximate surface area is 218 Å². The molecule has 0 saturated carbocycles. The van der Waals surface area contributed by atoms with E-state index in [1.807, 2.05) is 0 Å². The van der Waals surface area contributed by atoms with Crippen molar-refractivity contribution in [2.24, 2.45) is 0 Å². The number of carbonyl (C=O) groups is 3. The first-order valence-electron chi connectivity index (χ1n) is 14.1. The van der Waals surface area contributed by atoms with Crippen molar-refractivity contribution in [3.05, 3.63) is 59.0 Å². The molecule has 9 nitrogen and oxygen atoms in total. The number of fused-ring (bicyclic) bond motifs is 1. The number of carbonyl (C=O) groups excluding carboxylic acids is 2. The van der Waals surface area contributed by atoms with Crippen molar-refractivity contribution in [3.8, 4) is 11.5 Å². The summed E-state index contributed by atoms with van der Waals surface area (Å²) in [5, 5.41) is 12.9. The summed E-state index contributed by atoms with van der Waals surface area (Å²) in [7, 11) is 2.95. The van der Waals surface area contributed by atoms with Crippen LogP contribution in [0.1, 0.15) is 43.8 Å². The van der Waals surface area contributed by atoms with Gasteiger partial charge in [-0.05, 0) is 55.5 Å². The lowest BCUT2D eigenvalue weighted by Gasteiger charge is -2.37. The zero-order chi connectivity index (χ0) is 30.6. The Hall–Kier alpha value is -3.59. The fourth-order valence-corrected chi connectivity index (χ4v) is 4.19. The first-order valence-corrected chi connectivity index (χ1v) is 11.6. The summed E-state index contributed by atoms with van der Waals surface area (Å²) in [6.07, 6.45) is -0.0591. The summed E-state index contributed by atoms with van der Waals surface area (Å²) in [6.45, 7) is 3.17. The number of nitrogens with zero attached hydrogens (tertiary/aromatic N) is 1. The van der Waals surface area contributed by atoms with E-state index in [4.69, 9.17) is 21.1 Å². The van der Waals surface area contributed by atoms with Gasteiger partial charge < -0.3 is 24.2 Å². The van der Waals surface area contributed by atoms with Gasteiger partial charge in [-0.2, -0.15) is 0 Å². The molecule has 0 aromatic heterocycles. The van der Waals surface area contributed by atoms with Crippen molar-refractivity contribution < 1.29 is 40.6 Å². The maximum atomic E-state index is 13.6. The Bertz CT molecular complexity index is 1310. The molecule has 9 heteroatoms. The predicted octanol–water partition coefficient (Wildman–Crippen LogP) is 2.58. The Kier molecular flexibility index (Phi) is 7.09. The van der Waals surface area contributed by atoms with Gasteiger partial charge in [0.15, 0.2) is 11.5 Å². The average molecular weight is 504 g/mol. The van der Waals surface area contributed by atoms with E-state index in [1.54, 1.807) is 19.1 Å². The maximum Gasteiger partial charge on any atom is 0.326 e. The minimum Gasteiger partial charge on any atom is -0.493 e. The number of carboxylic acid groups (broad SMARTS) is 1. The third-order valence-electron chi connectivity index (χ3n) is 6.03. The van der Waals surface area contributed by atoms with Gasteiger partial charge >= 0.3 is 11.9 Å². The quantitative estimate of drug-likeness (QED) is 0.450. The molecule has 2 aromatic carbocycles. The van der Waals surface area contributed by atoms with Gasteiger partial charge in [0.1, 0.15) is 12.1 Å². The van der Waals surface area contributed by atoms with E-state index in [-0.39, 0.29) is 50.1 Å². The lowest BCUT2D eigenvalue weighted by atomic mass is 9.92. The van der Waals surface area contributed by atoms with E-state index in [9.17, 15) is 19.5 Å². The average Bonchev–Trinajstić information content (AvgIpc) is 2.96. The van der Waals surface area contributed by atoms with Gasteiger partial charge in [-0.1, -0.05) is 30.2 Å². The molecule has 194 valence electrons. The summed E-state index contributed by atoms with van der Waals surface area (Å²) >= 11 is 0. The minimum atomic E-state index is -1.19. The second-order valence-electron chi connectivity index (χ2n) is 8.34. The van der Waals surface area contributed by atoms with E-state index in [1.165, 1.54) is 26.0 Å². The third-order valence-corrected chi connectivity index (χ3v) is 6.03. The highest BCUT2D eigenvalue weighted by Crippen LogP contribution is 2.35. The topological polar surface area (TPSA) is 114 Å². The molecule has 0 spiro atoms. The normalized spacial score (nSPS) is 18.4. The van der Waals surface area contributed by atoms with E-state index < -0.39 is 54.1 Å². The summed E-state index contributed by atoms with van der Waals surface area (Å²) in [4.78, 5) is 39.8. The van der Waals surface area contributed by atoms with Crippen molar-refractivity contribution in [1.82, 2.24) is 10.2 Å². The molecule has 1 heterocycles. The first kappa shape index (κ1) is 20.6. The second-order valence-corrected chi connectivity index (χ2v) is 8.34. The van der Waals surface area contributed by atoms with Crippen LogP contribution in [-0.2, 0) is 38.5 Å². The zero-order valence-electron chi connectivity index (χ0n) is 25.8. The van der Waals surface area contributed by atoms with Crippen LogP contribution in [-0.4, -0.2) is 66.8 Å². The van der Waals surface area contributed by atoms with E-state index in [2.05, 4.69) is 5.32 Å². The molecule has 0 saturated heterocycles. The summed E-state index contributed by atoms with van der Waals surface area (Å²) in [5.41, 5.74) is 1.44. The molecule has 1 aliphatic rings. The van der Waals surface area contributed by atoms with Gasteiger partial charge in [-0.3, -0.25) is 14.9 Å². The van der Waals surface area contributed by atoms with Crippen LogP contribution in [0, 0.1) is 0 Å². The molecule has 0 fully saturated rings. The van der Waals surface area contributed by atoms with Gasteiger partial charge in [0.25, 0.3) is 0 Å². The van der Waals surface area contributed by atoms with Crippen LogP contribution in [0.3, 0.4) is 0 Å². The molecule has 2 aromatic rings. The van der Waals surface area contributed by atoms with Gasteiger partial charge in [0.05, 0.1) is 33.7 Å². The largest absolute Gasteiger partial charge is 0.493 e. The second kappa shape index (κ2) is 12.4. The van der Waals surface area contributed by atoms with Crippen LogP contribution >= 0.6 is 0 Å². The monoisotopic (exact) mass is 503 g/mol. The first-order chi connectivity index (χ1) is 19.4. The van der Waals surface area contributed by atoms with Gasteiger partial charge in [0.2, 0.25) is 5.91 Å². The van der Waals surface area contributed by atoms with Crippen LogP contribution in [0.2, 0.25) is 0 Å². The van der Waals surface area contributed by atoms with Crippen LogP contribution in [0.15, 0.2) is 42.3 Å². The summed E-state index contributed by atoms with van der Waals surface area (Å²) in [5.74, 6) is -1.55. The summed E-state index contributed by atoms with van der Waals surface area (Å²) < 4.78 is 55.7. The van der Waals surface area contributed by atoms with E-state index in [0.29, 0.717) is 22.6 Å². The number of rotatable bonds is 11. The predicted molar refractivity (Wildman–Crippen MR) is 133 cm³/mol. The number of benzene rings is 2. The number of methoxy groups -OCH3 is 2. The van der Waals surface area contributed by atoms with E-state index in [0.717, 1.165) is 0 Å². The van der Waals surface area contributed by atoms with Crippen molar-refractivity contribution in [3.63, 3.8) is 0 Å². The number of amides is 1. The number of nitrogens with one attached hydrogen (secondary N) is 1. The molecule has 1 aliphatic heterocycles. The molecule has 3 atom stereocenters. The zero-order valence-corrected chi connectivity index (χ0v) is 20.8. The number of carboxylic acids is 1. The number of hydrogen-bond donors (Lipinski definition) is 2. The molecule has 0 radical (unpaired) electrons. The van der Waals surface area contributed by atoms with Gasteiger partial charge in [0, 0.05) is 13.0 Å². The fourth-order valence-electron chi connectivity index (χ4n) is 4.19. The van der Waals surface area contributed by atoms with Crippen LogP contribution in [0.4, 0.5) is 0 Å². The molecule has 1 amide bonds. The highest BCUT2D eigenvalue weighted by molar-refractivity contribution is 5.88. The molecular formula is C27H34N2O7. The number of hydrogen-bond acceptors (Lipinski definition) is 7. The number of aliphatic carboxylic acids is 1. The lowest BCUT2D eigenvalue weighted by Crippen LogP contribution is -2.56. The van der Waals surface area contributed by atoms with Gasteiger partial charge in [-0.15, -0.1) is 0 Å². The molecule has 0 unspecified atom stereocenters. The molecule has 36 heavy (non-hydrogen) atoms. The highest BCUT2D eigenvalue weighted by atomic mass is 16.5. The lowest BCUT2D eigenvalue weighted by molar-refractivity contribution is -0.153. The SMILES string of the molecule is [2H]c1c([2H])c([2H])c(CC[C@H](N[C@@H](C)C(=O)N2Cc3cc(OC)c(OC)cc3C[C@H]2C(=O)O)C(=O)OCC)c([2H])c1[2H]. The molecular weight excluding hydrogens is 464 g/mol. The third kappa shape index (κ3) is 6.34. The molecule has 0 aliphatic carbocycles. The molecule has 0 bridgehead atoms. The number of esters is 1. The van der Waals surface area contributed by atoms with Crippen LogP contribution in [0.25, 0.3) is 0 Å². The van der Waals surface area contributed by atoms with Gasteiger partial charge in [-0.25, -0.2) is 4.79 Å². The van der Waals surface area contributed by atoms with Crippen molar-refractivity contribution in [2.75, 3.05) is 20.8 Å². The maximum absolute atomic E-state index is 13.6. The smallest absolute Gasteiger partial charge is 0.326 e. The molecule has 2 N–H and O–H groups in total. The van der Waals surface area contributed by atoms with Crippen molar-refractivity contribution in [1.29, 1.82) is 0 Å². The molecule has 3 rings (SSSR count). The van der Waals surface area contributed by atoms with Crippen LogP contribution in [0.5, 0.6) is 11.5 Å². The highest BCUT2D eigenvalue weighted by Gasteiger charge is 2.38. The Morgan fingerprint density at radius 2 is 1.78 bits per heavy atom. The van der Waals surface area contributed by atoms with Crippen LogP contribution < -0.4 is 14.8 Å². The van der Waals surface area contributed by atoms with Crippen molar-refractivity contribution in [2.45, 2.75) is 57.8 Å². The fraction of sp³-hybridized carbons (Fsp3) is 0.444. The Morgan fingerprint density at radius 3 is 2.36 bits per heavy atom. The summed E-state index contributed by atoms with van der Waals surface area (Å²) in [6, 6.07) is -2.08. The van der Waals surface area contributed by atoms with Crippen molar-refractivity contribution >= 4 is 17.8 Å². The standard InChI is InChI=1S/C27H34N2O7/c1-5-36-27(33)21(12-11-18-9-7-6-8-10-18)28-17(2)25(30)29-16-20-15-24(35-4)23(34-3)14-19(20)13-22(29)26(31)32/h6-10,14-15,17,21-22,28H,5,11-13,16H2,1-4H3,(H,31,32)/t17-,21-,22-/m0/s1/i6D,7D,8D,9D,10D. The Morgan fingerprint density at radius 1 is 1.14 bits per heavy atom.